The minimum absolute atomic E-state index is 0.109. The van der Waals surface area contributed by atoms with Crippen molar-refractivity contribution in [3.8, 4) is 0 Å². The molecule has 0 saturated heterocycles. The molecule has 0 aromatic rings. The highest BCUT2D eigenvalue weighted by Gasteiger charge is 2.19. The zero-order valence-electron chi connectivity index (χ0n) is 42.2. The van der Waals surface area contributed by atoms with Crippen LogP contribution in [0, 0.1) is 0 Å². The lowest BCUT2D eigenvalue weighted by Crippen LogP contribution is -2.30. The van der Waals surface area contributed by atoms with Crippen LogP contribution in [-0.2, 0) is 28.6 Å². The number of hydrogen-bond donors (Lipinski definition) is 0. The fourth-order valence-electron chi connectivity index (χ4n) is 6.95. The molecular weight excluding hydrogens is 805 g/mol. The predicted molar refractivity (Wildman–Crippen MR) is 279 cm³/mol. The molecule has 0 aliphatic rings. The Kier molecular flexibility index (Phi) is 50.0. The van der Waals surface area contributed by atoms with E-state index in [1.807, 2.05) is 0 Å². The van der Waals surface area contributed by atoms with Gasteiger partial charge in [-0.3, -0.25) is 14.4 Å². The van der Waals surface area contributed by atoms with Gasteiger partial charge in [0, 0.05) is 19.3 Å². The molecule has 65 heavy (non-hydrogen) atoms. The molecule has 0 aliphatic carbocycles. The van der Waals surface area contributed by atoms with Crippen molar-refractivity contribution in [1.82, 2.24) is 0 Å². The van der Waals surface area contributed by atoms with E-state index in [2.05, 4.69) is 118 Å². The molecule has 0 fully saturated rings. The van der Waals surface area contributed by atoms with Crippen molar-refractivity contribution in [3.05, 3.63) is 97.2 Å². The first-order valence-electron chi connectivity index (χ1n) is 26.7. The highest BCUT2D eigenvalue weighted by atomic mass is 16.6. The van der Waals surface area contributed by atoms with Gasteiger partial charge in [-0.2, -0.15) is 0 Å². The Morgan fingerprint density at radius 3 is 0.969 bits per heavy atom. The maximum Gasteiger partial charge on any atom is 0.306 e. The number of hydrogen-bond acceptors (Lipinski definition) is 6. The summed E-state index contributed by atoms with van der Waals surface area (Å²) in [4.78, 5) is 38.0. The molecule has 0 saturated carbocycles. The van der Waals surface area contributed by atoms with Crippen molar-refractivity contribution in [2.24, 2.45) is 0 Å². The maximum absolute atomic E-state index is 12.8. The topological polar surface area (TPSA) is 78.9 Å². The largest absolute Gasteiger partial charge is 0.462 e. The van der Waals surface area contributed by atoms with E-state index in [0.717, 1.165) is 103 Å². The molecule has 0 rings (SSSR count). The minimum Gasteiger partial charge on any atom is -0.462 e. The normalized spacial score (nSPS) is 12.8. The number of esters is 3. The van der Waals surface area contributed by atoms with Crippen LogP contribution in [-0.4, -0.2) is 37.2 Å². The second-order valence-corrected chi connectivity index (χ2v) is 17.4. The average molecular weight is 903 g/mol. The van der Waals surface area contributed by atoms with Gasteiger partial charge < -0.3 is 14.2 Å². The predicted octanol–water partition coefficient (Wildman–Crippen LogP) is 17.8. The molecule has 0 radical (unpaired) electrons. The zero-order valence-corrected chi connectivity index (χ0v) is 42.2. The fourth-order valence-corrected chi connectivity index (χ4v) is 6.95. The number of ether oxygens (including phenoxy) is 3. The summed E-state index contributed by atoms with van der Waals surface area (Å²) in [6.45, 7) is 6.47. The second-order valence-electron chi connectivity index (χ2n) is 17.4. The van der Waals surface area contributed by atoms with Crippen LogP contribution >= 0.6 is 0 Å². The number of carbonyl (C=O) groups excluding carboxylic acids is 3. The van der Waals surface area contributed by atoms with Gasteiger partial charge in [-0.15, -0.1) is 0 Å². The molecule has 370 valence electrons. The Balaban J connectivity index is 4.48. The van der Waals surface area contributed by atoms with Crippen LogP contribution < -0.4 is 0 Å². The summed E-state index contributed by atoms with van der Waals surface area (Å²) in [6, 6.07) is 0. The van der Waals surface area contributed by atoms with Gasteiger partial charge >= 0.3 is 17.9 Å². The van der Waals surface area contributed by atoms with Crippen LogP contribution in [0.2, 0.25) is 0 Å². The monoisotopic (exact) mass is 903 g/mol. The van der Waals surface area contributed by atoms with Crippen LogP contribution in [0.15, 0.2) is 97.2 Å². The summed E-state index contributed by atoms with van der Waals surface area (Å²) < 4.78 is 16.7. The summed E-state index contributed by atoms with van der Waals surface area (Å²) in [7, 11) is 0. The fraction of sp³-hybridized carbons (Fsp3) is 0.678. The molecule has 0 unspecified atom stereocenters. The lowest BCUT2D eigenvalue weighted by molar-refractivity contribution is -0.167. The van der Waals surface area contributed by atoms with Crippen molar-refractivity contribution in [2.45, 2.75) is 245 Å². The van der Waals surface area contributed by atoms with Crippen LogP contribution in [0.3, 0.4) is 0 Å². The first kappa shape index (κ1) is 61.3. The van der Waals surface area contributed by atoms with Crippen molar-refractivity contribution in [3.63, 3.8) is 0 Å². The van der Waals surface area contributed by atoms with Gasteiger partial charge in [0.1, 0.15) is 13.2 Å². The summed E-state index contributed by atoms with van der Waals surface area (Å²) in [5, 5.41) is 0. The molecule has 0 aliphatic heterocycles. The second kappa shape index (κ2) is 52.9. The van der Waals surface area contributed by atoms with Gasteiger partial charge in [0.2, 0.25) is 0 Å². The summed E-state index contributed by atoms with van der Waals surface area (Å²) in [5.41, 5.74) is 0. The zero-order chi connectivity index (χ0) is 47.2. The van der Waals surface area contributed by atoms with E-state index in [-0.39, 0.29) is 37.5 Å². The SMILES string of the molecule is CCCC/C=C\CCCCCCCC(=O)OC[C@H](COC(=O)CCCCCCCC/C=C\C/C=C\C/C=C\CCCCC)OC(=O)CCC/C=C\C/C=C\C/C=C\C/C=C\CCCCC. The first-order valence-corrected chi connectivity index (χ1v) is 26.7. The third kappa shape index (κ3) is 51.2. The molecular formula is C59H98O6. The molecule has 0 N–H and O–H groups in total. The van der Waals surface area contributed by atoms with E-state index in [0.29, 0.717) is 19.3 Å². The third-order valence-corrected chi connectivity index (χ3v) is 11.0. The first-order chi connectivity index (χ1) is 32.0. The van der Waals surface area contributed by atoms with Crippen molar-refractivity contribution >= 4 is 17.9 Å². The van der Waals surface area contributed by atoms with Crippen molar-refractivity contribution < 1.29 is 28.6 Å². The Morgan fingerprint density at radius 2 is 0.585 bits per heavy atom. The van der Waals surface area contributed by atoms with Crippen LogP contribution in [0.25, 0.3) is 0 Å². The van der Waals surface area contributed by atoms with Crippen molar-refractivity contribution in [1.29, 1.82) is 0 Å². The molecule has 0 aromatic heterocycles. The smallest absolute Gasteiger partial charge is 0.306 e. The molecule has 0 spiro atoms. The molecule has 0 aromatic carbocycles. The van der Waals surface area contributed by atoms with Gasteiger partial charge in [0.25, 0.3) is 0 Å². The van der Waals surface area contributed by atoms with E-state index in [9.17, 15) is 14.4 Å². The van der Waals surface area contributed by atoms with Crippen LogP contribution in [0.1, 0.15) is 239 Å². The van der Waals surface area contributed by atoms with Gasteiger partial charge in [0.15, 0.2) is 6.10 Å². The van der Waals surface area contributed by atoms with E-state index in [1.165, 1.54) is 89.9 Å². The van der Waals surface area contributed by atoms with Gasteiger partial charge in [-0.1, -0.05) is 201 Å². The number of unbranched alkanes of at least 4 members (excludes halogenated alkanes) is 20. The maximum atomic E-state index is 12.8. The highest BCUT2D eigenvalue weighted by molar-refractivity contribution is 5.71. The Morgan fingerprint density at radius 1 is 0.308 bits per heavy atom. The van der Waals surface area contributed by atoms with Gasteiger partial charge in [-0.25, -0.2) is 0 Å². The molecule has 6 heteroatoms. The van der Waals surface area contributed by atoms with E-state index in [1.54, 1.807) is 0 Å². The highest BCUT2D eigenvalue weighted by Crippen LogP contribution is 2.13. The summed E-state index contributed by atoms with van der Waals surface area (Å²) in [6.07, 6.45) is 69.6. The molecule has 0 heterocycles. The lowest BCUT2D eigenvalue weighted by atomic mass is 10.1. The number of rotatable bonds is 47. The lowest BCUT2D eigenvalue weighted by Gasteiger charge is -2.18. The minimum atomic E-state index is -0.815. The molecule has 0 amide bonds. The van der Waals surface area contributed by atoms with Gasteiger partial charge in [-0.05, 0) is 116 Å². The molecule has 1 atom stereocenters. The van der Waals surface area contributed by atoms with Crippen molar-refractivity contribution in [2.75, 3.05) is 13.2 Å². The Hall–Kier alpha value is -3.67. The third-order valence-electron chi connectivity index (χ3n) is 11.0. The van der Waals surface area contributed by atoms with Crippen LogP contribution in [0.5, 0.6) is 0 Å². The number of allylic oxidation sites excluding steroid dienone is 16. The Labute approximate surface area is 400 Å². The van der Waals surface area contributed by atoms with E-state index in [4.69, 9.17) is 14.2 Å². The van der Waals surface area contributed by atoms with E-state index < -0.39 is 6.10 Å². The quantitative estimate of drug-likeness (QED) is 0.0262. The molecule has 0 bridgehead atoms. The summed E-state index contributed by atoms with van der Waals surface area (Å²) in [5.74, 6) is -0.990. The summed E-state index contributed by atoms with van der Waals surface area (Å²) >= 11 is 0. The average Bonchev–Trinajstić information content (AvgIpc) is 3.30. The van der Waals surface area contributed by atoms with Gasteiger partial charge in [0.05, 0.1) is 0 Å². The Bertz CT molecular complexity index is 1310. The van der Waals surface area contributed by atoms with E-state index >= 15 is 0 Å². The molecule has 6 nitrogen and oxygen atoms in total. The van der Waals surface area contributed by atoms with Crippen LogP contribution in [0.4, 0.5) is 0 Å². The number of carbonyl (C=O) groups is 3. The standard InChI is InChI=1S/C59H98O6/c1-4-7-10-13-16-19-22-24-26-28-29-31-32-34-37-40-43-46-49-52-58(61)64-55-56(54-63-57(60)51-48-45-42-39-36-21-18-15-12-9-6-3)65-59(62)53-50-47-44-41-38-35-33-30-27-25-23-20-17-14-11-8-5-2/h15-20,24-27,29,31,33,35,41,44,56H,4-14,21-23,28,30,32,34,36-40,42-43,45-55H2,1-3H3/b18-15-,19-16-,20-17-,26-24-,27-25-,31-29-,35-33-,44-41-/t56-/m1/s1.